The van der Waals surface area contributed by atoms with Gasteiger partial charge in [-0.15, -0.1) is 0 Å². The third-order valence-corrected chi connectivity index (χ3v) is 6.54. The third kappa shape index (κ3) is 6.63. The largest absolute Gasteiger partial charge is 0.0651 e. The fourth-order valence-electron chi connectivity index (χ4n) is 5.29. The van der Waals surface area contributed by atoms with E-state index >= 15 is 0 Å². The van der Waals surface area contributed by atoms with E-state index in [0.29, 0.717) is 16.2 Å². The first-order chi connectivity index (χ1) is 10.0. The molecule has 2 aliphatic rings. The van der Waals surface area contributed by atoms with Gasteiger partial charge in [-0.3, -0.25) is 0 Å². The molecule has 2 unspecified atom stereocenters. The second-order valence-corrected chi connectivity index (χ2v) is 10.5. The van der Waals surface area contributed by atoms with Crippen LogP contribution in [0.4, 0.5) is 0 Å². The zero-order chi connectivity index (χ0) is 17.0. The van der Waals surface area contributed by atoms with Crippen LogP contribution in [0.15, 0.2) is 0 Å². The van der Waals surface area contributed by atoms with Gasteiger partial charge in [-0.05, 0) is 73.0 Å². The second kappa shape index (κ2) is 7.71. The van der Waals surface area contributed by atoms with Crippen molar-refractivity contribution in [1.29, 1.82) is 0 Å². The van der Waals surface area contributed by atoms with E-state index in [9.17, 15) is 0 Å². The summed E-state index contributed by atoms with van der Waals surface area (Å²) in [5.41, 5.74) is 1.87. The molecule has 0 amide bonds. The maximum atomic E-state index is 2.46. The molecule has 132 valence electrons. The van der Waals surface area contributed by atoms with Gasteiger partial charge in [-0.25, -0.2) is 0 Å². The zero-order valence-corrected chi connectivity index (χ0v) is 17.0. The fraction of sp³-hybridized carbons (Fsp3) is 1.00. The Morgan fingerprint density at radius 2 is 1.36 bits per heavy atom. The molecule has 2 rings (SSSR count). The molecule has 0 spiro atoms. The lowest BCUT2D eigenvalue weighted by atomic mass is 9.60. The Morgan fingerprint density at radius 1 is 0.818 bits per heavy atom. The van der Waals surface area contributed by atoms with Crippen molar-refractivity contribution in [2.45, 2.75) is 113 Å². The van der Waals surface area contributed by atoms with Crippen molar-refractivity contribution < 1.29 is 0 Å². The van der Waals surface area contributed by atoms with Crippen LogP contribution in [0.25, 0.3) is 0 Å². The number of hydrogen-bond donors (Lipinski definition) is 0. The summed E-state index contributed by atoms with van der Waals surface area (Å²) in [6.07, 6.45) is 12.9. The molecule has 2 atom stereocenters. The Hall–Kier alpha value is 0. The molecule has 2 aliphatic carbocycles. The highest BCUT2D eigenvalue weighted by atomic mass is 14.4. The van der Waals surface area contributed by atoms with E-state index in [1.54, 1.807) is 0 Å². The van der Waals surface area contributed by atoms with Crippen LogP contribution in [0.5, 0.6) is 0 Å². The minimum Gasteiger partial charge on any atom is -0.0651 e. The van der Waals surface area contributed by atoms with E-state index in [1.807, 2.05) is 0 Å². The quantitative estimate of drug-likeness (QED) is 0.487. The van der Waals surface area contributed by atoms with Crippen molar-refractivity contribution in [2.75, 3.05) is 0 Å². The third-order valence-electron chi connectivity index (χ3n) is 6.54. The van der Waals surface area contributed by atoms with Gasteiger partial charge in [0.2, 0.25) is 0 Å². The van der Waals surface area contributed by atoms with Gasteiger partial charge < -0.3 is 0 Å². The van der Waals surface area contributed by atoms with Crippen molar-refractivity contribution >= 4 is 0 Å². The van der Waals surface area contributed by atoms with Gasteiger partial charge in [0.15, 0.2) is 0 Å². The number of rotatable bonds is 2. The monoisotopic (exact) mass is 308 g/mol. The fourth-order valence-corrected chi connectivity index (χ4v) is 5.29. The van der Waals surface area contributed by atoms with Crippen molar-refractivity contribution in [3.63, 3.8) is 0 Å². The minimum absolute atomic E-state index is 0.586. The Kier molecular flexibility index (Phi) is 7.03. The molecule has 0 nitrogen and oxygen atoms in total. The lowest BCUT2D eigenvalue weighted by molar-refractivity contribution is 0.0582. The zero-order valence-electron chi connectivity index (χ0n) is 17.0. The molecule has 0 heterocycles. The summed E-state index contributed by atoms with van der Waals surface area (Å²) >= 11 is 0. The van der Waals surface area contributed by atoms with Crippen LogP contribution in [-0.2, 0) is 0 Å². The van der Waals surface area contributed by atoms with E-state index in [2.05, 4.69) is 55.4 Å². The summed E-state index contributed by atoms with van der Waals surface area (Å²) in [7, 11) is 0. The van der Waals surface area contributed by atoms with Gasteiger partial charge in [-0.2, -0.15) is 0 Å². The van der Waals surface area contributed by atoms with Crippen molar-refractivity contribution in [3.8, 4) is 0 Å². The first-order valence-corrected chi connectivity index (χ1v) is 10.0. The number of hydrogen-bond acceptors (Lipinski definition) is 0. The van der Waals surface area contributed by atoms with Crippen LogP contribution in [-0.4, -0.2) is 0 Å². The molecular formula is C22H44. The normalized spacial score (nSPS) is 34.6. The molecule has 0 aromatic rings. The van der Waals surface area contributed by atoms with Crippen molar-refractivity contribution in [2.24, 2.45) is 28.1 Å². The molecule has 22 heavy (non-hydrogen) atoms. The first-order valence-electron chi connectivity index (χ1n) is 10.0. The summed E-state index contributed by atoms with van der Waals surface area (Å²) in [4.78, 5) is 0. The van der Waals surface area contributed by atoms with Crippen LogP contribution in [0.3, 0.4) is 0 Å². The molecule has 0 saturated heterocycles. The van der Waals surface area contributed by atoms with E-state index < -0.39 is 0 Å². The molecule has 0 aliphatic heterocycles. The highest BCUT2D eigenvalue weighted by molar-refractivity contribution is 4.89. The average Bonchev–Trinajstić information content (AvgIpc) is 2.37. The van der Waals surface area contributed by atoms with Gasteiger partial charge in [0, 0.05) is 0 Å². The topological polar surface area (TPSA) is 0 Å². The van der Waals surface area contributed by atoms with Gasteiger partial charge in [0.1, 0.15) is 0 Å². The lowest BCUT2D eigenvalue weighted by Crippen LogP contribution is -2.34. The second-order valence-electron chi connectivity index (χ2n) is 10.5. The smallest absolute Gasteiger partial charge is 0.0321 e. The van der Waals surface area contributed by atoms with Crippen LogP contribution >= 0.6 is 0 Å². The average molecular weight is 309 g/mol. The minimum atomic E-state index is 0.586. The summed E-state index contributed by atoms with van der Waals surface area (Å²) in [5.74, 6) is 1.98. The Bertz CT molecular complexity index is 315. The molecular weight excluding hydrogens is 264 g/mol. The molecule has 2 fully saturated rings. The molecule has 0 aromatic heterocycles. The van der Waals surface area contributed by atoms with Gasteiger partial charge in [0.05, 0.1) is 0 Å². The predicted molar refractivity (Wildman–Crippen MR) is 101 cm³/mol. The standard InChI is InChI=1S/C12H24.C10H20/c1-6-12(5)8-10(2)7-11(3,4)9-12;1-4-9-5-7-10(2,3)8-6-9/h10H,6-9H2,1-5H3;9H,4-8H2,1-3H3. The molecule has 0 radical (unpaired) electrons. The van der Waals surface area contributed by atoms with E-state index in [0.717, 1.165) is 11.8 Å². The van der Waals surface area contributed by atoms with E-state index in [-0.39, 0.29) is 0 Å². The lowest BCUT2D eigenvalue weighted by Gasteiger charge is -2.45. The Labute approximate surface area is 141 Å². The maximum absolute atomic E-state index is 2.46. The highest BCUT2D eigenvalue weighted by Crippen LogP contribution is 2.49. The summed E-state index contributed by atoms with van der Waals surface area (Å²) < 4.78 is 0. The van der Waals surface area contributed by atoms with E-state index in [1.165, 1.54) is 57.8 Å². The van der Waals surface area contributed by atoms with Gasteiger partial charge in [0.25, 0.3) is 0 Å². The molecule has 0 aromatic carbocycles. The summed E-state index contributed by atoms with van der Waals surface area (Å²) in [6.45, 7) is 19.2. The van der Waals surface area contributed by atoms with Gasteiger partial charge >= 0.3 is 0 Å². The Balaban J connectivity index is 0.000000224. The SMILES string of the molecule is CCC1(C)CC(C)CC(C)(C)C1.CCC1CCC(C)(C)CC1. The van der Waals surface area contributed by atoms with Crippen molar-refractivity contribution in [1.82, 2.24) is 0 Å². The predicted octanol–water partition coefficient (Wildman–Crippen LogP) is 7.86. The molecule has 2 saturated carbocycles. The summed E-state index contributed by atoms with van der Waals surface area (Å²) in [5, 5.41) is 0. The maximum Gasteiger partial charge on any atom is -0.0321 e. The molecule has 0 bridgehead atoms. The van der Waals surface area contributed by atoms with Crippen LogP contribution in [0, 0.1) is 28.1 Å². The molecule has 0 heteroatoms. The van der Waals surface area contributed by atoms with Crippen molar-refractivity contribution in [3.05, 3.63) is 0 Å². The highest BCUT2D eigenvalue weighted by Gasteiger charge is 2.38. The van der Waals surface area contributed by atoms with Crippen LogP contribution in [0.2, 0.25) is 0 Å². The van der Waals surface area contributed by atoms with Crippen LogP contribution < -0.4 is 0 Å². The van der Waals surface area contributed by atoms with E-state index in [4.69, 9.17) is 0 Å². The molecule has 0 N–H and O–H groups in total. The first kappa shape index (κ1) is 20.0. The van der Waals surface area contributed by atoms with Gasteiger partial charge in [-0.1, -0.05) is 68.2 Å². The Morgan fingerprint density at radius 3 is 1.77 bits per heavy atom. The summed E-state index contributed by atoms with van der Waals surface area (Å²) in [6, 6.07) is 0. The van der Waals surface area contributed by atoms with Crippen LogP contribution in [0.1, 0.15) is 113 Å².